The van der Waals surface area contributed by atoms with E-state index in [1.54, 1.807) is 13.3 Å². The molecule has 2 aromatic heterocycles. The minimum absolute atomic E-state index is 0.162. The second-order valence-corrected chi connectivity index (χ2v) is 7.27. The first-order valence-corrected chi connectivity index (χ1v) is 9.31. The van der Waals surface area contributed by atoms with Gasteiger partial charge in [0.15, 0.2) is 5.65 Å². The fraction of sp³-hybridized carbons (Fsp3) is 0.389. The molecule has 1 aromatic carbocycles. The maximum Gasteiger partial charge on any atom is 0.262 e. The molecule has 0 spiro atoms. The van der Waals surface area contributed by atoms with E-state index in [1.807, 2.05) is 22.9 Å². The number of fused-ring (bicyclic) bond motifs is 1. The zero-order chi connectivity index (χ0) is 18.1. The van der Waals surface area contributed by atoms with E-state index < -0.39 is 0 Å². The van der Waals surface area contributed by atoms with Crippen LogP contribution in [0.1, 0.15) is 30.3 Å². The molecule has 4 rings (SSSR count). The minimum Gasteiger partial charge on any atom is -0.497 e. The van der Waals surface area contributed by atoms with E-state index in [0.29, 0.717) is 36.5 Å². The first-order valence-electron chi connectivity index (χ1n) is 8.51. The van der Waals surface area contributed by atoms with Crippen LogP contribution in [-0.4, -0.2) is 40.1 Å². The molecule has 0 radical (unpaired) electrons. The van der Waals surface area contributed by atoms with Crippen molar-refractivity contribution in [2.24, 2.45) is 0 Å². The lowest BCUT2D eigenvalue weighted by molar-refractivity contribution is 0.0673. The molecule has 1 fully saturated rings. The molecule has 0 unspecified atom stereocenters. The topological polar surface area (TPSA) is 82.0 Å². The van der Waals surface area contributed by atoms with E-state index in [-0.39, 0.29) is 11.6 Å². The quantitative estimate of drug-likeness (QED) is 0.704. The first kappa shape index (κ1) is 17.2. The number of aromatic amines is 1. The van der Waals surface area contributed by atoms with E-state index in [9.17, 15) is 4.79 Å². The molecule has 7 nitrogen and oxygen atoms in total. The molecule has 1 saturated heterocycles. The fourth-order valence-corrected chi connectivity index (χ4v) is 3.82. The van der Waals surface area contributed by atoms with E-state index >= 15 is 0 Å². The second-order valence-electron chi connectivity index (χ2n) is 6.36. The van der Waals surface area contributed by atoms with Crippen molar-refractivity contribution in [1.82, 2.24) is 19.7 Å². The van der Waals surface area contributed by atoms with Crippen LogP contribution in [0.5, 0.6) is 5.75 Å². The highest BCUT2D eigenvalue weighted by Crippen LogP contribution is 2.24. The summed E-state index contributed by atoms with van der Waals surface area (Å²) in [6.45, 7) is 1.42. The Morgan fingerprint density at radius 3 is 2.92 bits per heavy atom. The lowest BCUT2D eigenvalue weighted by atomic mass is 10.1. The largest absolute Gasteiger partial charge is 0.497 e. The van der Waals surface area contributed by atoms with Gasteiger partial charge in [-0.1, -0.05) is 15.9 Å². The van der Waals surface area contributed by atoms with Gasteiger partial charge in [-0.2, -0.15) is 5.10 Å². The van der Waals surface area contributed by atoms with Gasteiger partial charge in [0.2, 0.25) is 0 Å². The molecule has 1 aliphatic rings. The summed E-state index contributed by atoms with van der Waals surface area (Å²) in [5, 5.41) is 4.94. The zero-order valence-electron chi connectivity index (χ0n) is 14.4. The van der Waals surface area contributed by atoms with Crippen molar-refractivity contribution in [3.63, 3.8) is 0 Å². The van der Waals surface area contributed by atoms with Gasteiger partial charge in [-0.25, -0.2) is 9.67 Å². The Morgan fingerprint density at radius 2 is 2.15 bits per heavy atom. The number of H-pyrrole nitrogens is 1. The molecule has 0 saturated carbocycles. The molecule has 0 aliphatic carbocycles. The van der Waals surface area contributed by atoms with Gasteiger partial charge in [0, 0.05) is 24.1 Å². The molecule has 3 heterocycles. The zero-order valence-corrected chi connectivity index (χ0v) is 16.0. The number of ether oxygens (including phenoxy) is 2. The second kappa shape index (κ2) is 7.20. The predicted molar refractivity (Wildman–Crippen MR) is 101 cm³/mol. The summed E-state index contributed by atoms with van der Waals surface area (Å²) in [7, 11) is 1.63. The fourth-order valence-electron chi connectivity index (χ4n) is 3.30. The maximum absolute atomic E-state index is 12.5. The van der Waals surface area contributed by atoms with Crippen molar-refractivity contribution in [2.75, 3.05) is 20.3 Å². The van der Waals surface area contributed by atoms with Crippen molar-refractivity contribution >= 4 is 27.0 Å². The van der Waals surface area contributed by atoms with Gasteiger partial charge in [0.05, 0.1) is 19.3 Å². The van der Waals surface area contributed by atoms with Crippen molar-refractivity contribution in [3.05, 3.63) is 50.6 Å². The molecule has 8 heteroatoms. The highest BCUT2D eigenvalue weighted by atomic mass is 79.9. The number of hydrogen-bond donors (Lipinski definition) is 1. The maximum atomic E-state index is 12.5. The highest BCUT2D eigenvalue weighted by Gasteiger charge is 2.20. The summed E-state index contributed by atoms with van der Waals surface area (Å²) in [5.41, 5.74) is 1.47. The molecule has 1 aliphatic heterocycles. The summed E-state index contributed by atoms with van der Waals surface area (Å²) < 4.78 is 13.5. The van der Waals surface area contributed by atoms with Crippen molar-refractivity contribution in [3.8, 4) is 5.75 Å². The Bertz CT molecular complexity index is 992. The van der Waals surface area contributed by atoms with Crippen LogP contribution < -0.4 is 10.3 Å². The number of nitrogens with one attached hydrogen (secondary N) is 1. The van der Waals surface area contributed by atoms with E-state index in [1.165, 1.54) is 0 Å². The minimum atomic E-state index is -0.162. The Morgan fingerprint density at radius 1 is 1.35 bits per heavy atom. The van der Waals surface area contributed by atoms with Crippen LogP contribution in [0.2, 0.25) is 0 Å². The van der Waals surface area contributed by atoms with Gasteiger partial charge >= 0.3 is 0 Å². The van der Waals surface area contributed by atoms with E-state index in [4.69, 9.17) is 14.5 Å². The average molecular weight is 419 g/mol. The van der Waals surface area contributed by atoms with Crippen LogP contribution in [0.4, 0.5) is 0 Å². The number of nitrogens with zero attached hydrogens (tertiary/aromatic N) is 3. The molecule has 0 bridgehead atoms. The normalized spacial score (nSPS) is 15.5. The molecular formula is C18H19BrN4O3. The molecule has 136 valence electrons. The number of methoxy groups -OCH3 is 1. The van der Waals surface area contributed by atoms with Gasteiger partial charge in [-0.3, -0.25) is 4.79 Å². The summed E-state index contributed by atoms with van der Waals surface area (Å²) in [6.07, 6.45) is 3.86. The van der Waals surface area contributed by atoms with Crippen LogP contribution in [0.15, 0.2) is 33.7 Å². The lowest BCUT2D eigenvalue weighted by Gasteiger charge is -2.22. The van der Waals surface area contributed by atoms with Gasteiger partial charge in [0.1, 0.15) is 17.0 Å². The van der Waals surface area contributed by atoms with Gasteiger partial charge in [-0.05, 0) is 36.6 Å². The summed E-state index contributed by atoms with van der Waals surface area (Å²) in [5.74, 6) is 1.36. The Kier molecular flexibility index (Phi) is 4.78. The smallest absolute Gasteiger partial charge is 0.262 e. The van der Waals surface area contributed by atoms with Crippen molar-refractivity contribution in [1.29, 1.82) is 0 Å². The standard InChI is InChI=1S/C18H19BrN4O3/c1-25-14-7-11(6-12(19)9-14)8-16-21-17-15(18(24)22-16)10-20-23(17)13-2-4-26-5-3-13/h6-7,9-10,13H,2-5,8H2,1H3,(H,21,22,24). The van der Waals surface area contributed by atoms with Crippen LogP contribution in [-0.2, 0) is 11.2 Å². The summed E-state index contributed by atoms with van der Waals surface area (Å²) in [6, 6.07) is 6.03. The van der Waals surface area contributed by atoms with Crippen LogP contribution >= 0.6 is 15.9 Å². The first-order chi connectivity index (χ1) is 12.6. The number of halogens is 1. The van der Waals surface area contributed by atoms with Crippen molar-refractivity contribution in [2.45, 2.75) is 25.3 Å². The molecule has 0 amide bonds. The predicted octanol–water partition coefficient (Wildman–Crippen LogP) is 2.83. The molecular weight excluding hydrogens is 400 g/mol. The number of aromatic nitrogens is 4. The summed E-state index contributed by atoms with van der Waals surface area (Å²) in [4.78, 5) is 20.0. The SMILES string of the molecule is COc1cc(Br)cc(Cc2nc3c(cnn3C3CCOCC3)c(=O)[nH]2)c1. The number of rotatable bonds is 4. The summed E-state index contributed by atoms with van der Waals surface area (Å²) >= 11 is 3.48. The van der Waals surface area contributed by atoms with Crippen LogP contribution in [0.3, 0.4) is 0 Å². The van der Waals surface area contributed by atoms with Crippen LogP contribution in [0, 0.1) is 0 Å². The molecule has 0 atom stereocenters. The third-order valence-electron chi connectivity index (χ3n) is 4.59. The molecule has 26 heavy (non-hydrogen) atoms. The number of benzene rings is 1. The number of hydrogen-bond acceptors (Lipinski definition) is 5. The van der Waals surface area contributed by atoms with E-state index in [0.717, 1.165) is 28.6 Å². The molecule has 3 aromatic rings. The highest BCUT2D eigenvalue weighted by molar-refractivity contribution is 9.10. The van der Waals surface area contributed by atoms with E-state index in [2.05, 4.69) is 26.0 Å². The Balaban J connectivity index is 1.72. The third kappa shape index (κ3) is 3.39. The Labute approximate surface area is 158 Å². The molecule has 1 N–H and O–H groups in total. The lowest BCUT2D eigenvalue weighted by Crippen LogP contribution is -2.21. The third-order valence-corrected chi connectivity index (χ3v) is 5.05. The monoisotopic (exact) mass is 418 g/mol. The van der Waals surface area contributed by atoms with Gasteiger partial charge in [0.25, 0.3) is 5.56 Å². The van der Waals surface area contributed by atoms with Gasteiger partial charge < -0.3 is 14.5 Å². The Hall–Kier alpha value is -2.19. The van der Waals surface area contributed by atoms with Crippen molar-refractivity contribution < 1.29 is 9.47 Å². The van der Waals surface area contributed by atoms with Crippen LogP contribution in [0.25, 0.3) is 11.0 Å². The average Bonchev–Trinajstić information content (AvgIpc) is 3.06. The van der Waals surface area contributed by atoms with Gasteiger partial charge in [-0.15, -0.1) is 0 Å².